The summed E-state index contributed by atoms with van der Waals surface area (Å²) in [5, 5.41) is 13.1. The summed E-state index contributed by atoms with van der Waals surface area (Å²) in [5.74, 6) is 4.68. The van der Waals surface area contributed by atoms with Crippen molar-refractivity contribution in [3.63, 3.8) is 0 Å². The second-order valence-corrected chi connectivity index (χ2v) is 7.00. The van der Waals surface area contributed by atoms with E-state index in [1.54, 1.807) is 36.4 Å². The van der Waals surface area contributed by atoms with Crippen LogP contribution in [-0.4, -0.2) is 34.8 Å². The summed E-state index contributed by atoms with van der Waals surface area (Å²) in [6.07, 6.45) is -4.80. The Labute approximate surface area is 192 Å². The van der Waals surface area contributed by atoms with E-state index in [0.29, 0.717) is 16.7 Å². The van der Waals surface area contributed by atoms with Crippen molar-refractivity contribution in [3.05, 3.63) is 83.9 Å². The normalized spacial score (nSPS) is 10.9. The maximum atomic E-state index is 12.9. The number of hydrogen-bond acceptors (Lipinski definition) is 7. The number of amides is 1. The highest BCUT2D eigenvalue weighted by molar-refractivity contribution is 6.01. The van der Waals surface area contributed by atoms with E-state index in [9.17, 15) is 18.0 Å². The third-order valence-corrected chi connectivity index (χ3v) is 4.68. The molecule has 1 amide bonds. The molecule has 3 aromatic carbocycles. The maximum absolute atomic E-state index is 12.9. The van der Waals surface area contributed by atoms with E-state index in [1.807, 2.05) is 0 Å². The highest BCUT2D eigenvalue weighted by atomic mass is 19.4. The van der Waals surface area contributed by atoms with Gasteiger partial charge in [-0.15, -0.1) is 13.2 Å². The maximum Gasteiger partial charge on any atom is 0.573 e. The van der Waals surface area contributed by atoms with Crippen molar-refractivity contribution in [1.29, 1.82) is 10.9 Å². The Bertz CT molecular complexity index is 1190. The van der Waals surface area contributed by atoms with Gasteiger partial charge < -0.3 is 10.5 Å². The molecular weight excluding hydrogens is 451 g/mol. The molecule has 0 radical (unpaired) electrons. The van der Waals surface area contributed by atoms with E-state index < -0.39 is 18.9 Å². The number of amidine groups is 1. The Morgan fingerprint density at radius 2 is 1.62 bits per heavy atom. The predicted octanol–water partition coefficient (Wildman–Crippen LogP) is 4.38. The van der Waals surface area contributed by atoms with Crippen molar-refractivity contribution in [1.82, 2.24) is 10.0 Å². The van der Waals surface area contributed by atoms with Gasteiger partial charge in [0.25, 0.3) is 5.91 Å². The molecule has 9 nitrogen and oxygen atoms in total. The van der Waals surface area contributed by atoms with Crippen LogP contribution in [0.2, 0.25) is 0 Å². The highest BCUT2D eigenvalue weighted by Crippen LogP contribution is 2.28. The minimum atomic E-state index is -4.80. The van der Waals surface area contributed by atoms with Crippen LogP contribution in [0, 0.1) is 10.9 Å². The van der Waals surface area contributed by atoms with Crippen LogP contribution in [0.4, 0.5) is 18.9 Å². The monoisotopic (exact) mass is 471 g/mol. The van der Waals surface area contributed by atoms with Crippen LogP contribution in [0.15, 0.2) is 78.0 Å². The number of nitrogens with zero attached hydrogens (tertiary/aromatic N) is 3. The minimum absolute atomic E-state index is 0.0341. The van der Waals surface area contributed by atoms with Gasteiger partial charge in [0, 0.05) is 11.3 Å². The molecule has 0 aliphatic heterocycles. The molecule has 0 unspecified atom stereocenters. The van der Waals surface area contributed by atoms with Crippen LogP contribution < -0.4 is 16.3 Å². The number of anilines is 1. The Morgan fingerprint density at radius 3 is 2.21 bits per heavy atom. The average molecular weight is 471 g/mol. The summed E-state index contributed by atoms with van der Waals surface area (Å²) in [6, 6.07) is 18.1. The lowest BCUT2D eigenvalue weighted by Gasteiger charge is -2.24. The van der Waals surface area contributed by atoms with Crippen molar-refractivity contribution in [2.75, 3.05) is 12.4 Å². The Balaban J connectivity index is 1.78. The molecule has 176 valence electrons. The van der Waals surface area contributed by atoms with E-state index in [-0.39, 0.29) is 22.8 Å². The lowest BCUT2D eigenvalue weighted by atomic mass is 10.0. The molecule has 0 bridgehead atoms. The van der Waals surface area contributed by atoms with Gasteiger partial charge in [0.1, 0.15) is 12.4 Å². The van der Waals surface area contributed by atoms with E-state index in [0.717, 1.165) is 22.2 Å². The van der Waals surface area contributed by atoms with Gasteiger partial charge in [0.15, 0.2) is 5.84 Å². The third kappa shape index (κ3) is 5.86. The number of halogens is 3. The van der Waals surface area contributed by atoms with Crippen LogP contribution >= 0.6 is 0 Å². The molecule has 6 N–H and O–H groups in total. The first kappa shape index (κ1) is 24.2. The zero-order chi connectivity index (χ0) is 24.9. The number of nitrogens with one attached hydrogen (secondary N) is 2. The van der Waals surface area contributed by atoms with Gasteiger partial charge in [0.05, 0.1) is 5.56 Å². The van der Waals surface area contributed by atoms with Crippen LogP contribution in [0.25, 0.3) is 11.1 Å². The van der Waals surface area contributed by atoms with Crippen molar-refractivity contribution in [2.24, 2.45) is 11.1 Å². The average Bonchev–Trinajstić information content (AvgIpc) is 2.82. The minimum Gasteiger partial charge on any atom is -0.406 e. The number of alkyl halides is 3. The number of nitrogen functional groups attached to an aromatic ring is 1. The molecule has 0 saturated heterocycles. The number of hydrogen-bond donors (Lipinski definition) is 4. The van der Waals surface area contributed by atoms with Gasteiger partial charge in [-0.25, -0.2) is 10.9 Å². The number of carbonyl (C=O) groups excluding carboxylic acids is 1. The summed E-state index contributed by atoms with van der Waals surface area (Å²) in [7, 11) is 0. The zero-order valence-corrected chi connectivity index (χ0v) is 17.6. The standard InChI is InChI=1S/C22H20F3N7O2/c23-22(24,25)34-17-9-6-14(7-10-17)16-8-11-19(26)18(12-16)21(33)31(29)13-32(30-28)20(27)15-4-2-1-3-5-15/h1-12,27-28H,13,26,29H2. The Kier molecular flexibility index (Phi) is 7.12. The van der Waals surface area contributed by atoms with Crippen molar-refractivity contribution in [2.45, 2.75) is 6.36 Å². The first-order valence-electron chi connectivity index (χ1n) is 9.70. The summed E-state index contributed by atoms with van der Waals surface area (Å²) in [4.78, 5) is 12.9. The molecule has 0 saturated carbocycles. The number of ether oxygens (including phenoxy) is 1. The van der Waals surface area contributed by atoms with E-state index in [2.05, 4.69) is 9.96 Å². The largest absolute Gasteiger partial charge is 0.573 e. The molecule has 3 rings (SSSR count). The van der Waals surface area contributed by atoms with Crippen LogP contribution in [0.3, 0.4) is 0 Å². The zero-order valence-electron chi connectivity index (χ0n) is 17.6. The summed E-state index contributed by atoms with van der Waals surface area (Å²) in [5.41, 5.74) is 14.9. The van der Waals surface area contributed by atoms with E-state index >= 15 is 0 Å². The Hall–Kier alpha value is -4.45. The number of carbonyl (C=O) groups is 1. The number of hydrazine groups is 1. The molecule has 0 atom stereocenters. The van der Waals surface area contributed by atoms with Gasteiger partial charge in [-0.05, 0) is 35.4 Å². The van der Waals surface area contributed by atoms with Gasteiger partial charge in [-0.3, -0.25) is 15.2 Å². The smallest absolute Gasteiger partial charge is 0.406 e. The number of rotatable bonds is 7. The van der Waals surface area contributed by atoms with Gasteiger partial charge >= 0.3 is 6.36 Å². The first-order valence-corrected chi connectivity index (χ1v) is 9.70. The molecule has 0 spiro atoms. The van der Waals surface area contributed by atoms with Crippen LogP contribution in [-0.2, 0) is 0 Å². The van der Waals surface area contributed by atoms with Gasteiger partial charge in [-0.2, -0.15) is 5.53 Å². The topological polar surface area (TPSA) is 145 Å². The second-order valence-electron chi connectivity index (χ2n) is 7.00. The number of benzene rings is 3. The molecule has 0 aromatic heterocycles. The molecule has 0 heterocycles. The van der Waals surface area contributed by atoms with Crippen LogP contribution in [0.5, 0.6) is 5.75 Å². The summed E-state index contributed by atoms with van der Waals surface area (Å²) < 4.78 is 41.0. The molecule has 0 fully saturated rings. The highest BCUT2D eigenvalue weighted by Gasteiger charge is 2.31. The quantitative estimate of drug-likeness (QED) is 0.0591. The van der Waals surface area contributed by atoms with E-state index in [4.69, 9.17) is 22.5 Å². The molecule has 0 aliphatic carbocycles. The SMILES string of the molecule is N=NN(CN(N)C(=O)c1cc(-c2ccc(OC(F)(F)F)cc2)ccc1N)C(=N)c1ccccc1. The predicted molar refractivity (Wildman–Crippen MR) is 118 cm³/mol. The van der Waals surface area contributed by atoms with Gasteiger partial charge in [0.2, 0.25) is 0 Å². The fourth-order valence-corrected chi connectivity index (χ4v) is 3.03. The fourth-order valence-electron chi connectivity index (χ4n) is 3.03. The lowest BCUT2D eigenvalue weighted by Crippen LogP contribution is -2.46. The molecule has 3 aromatic rings. The van der Waals surface area contributed by atoms with Crippen LogP contribution in [0.1, 0.15) is 15.9 Å². The summed E-state index contributed by atoms with van der Waals surface area (Å²) in [6.45, 7) is -0.400. The van der Waals surface area contributed by atoms with E-state index in [1.165, 1.54) is 24.3 Å². The Morgan fingerprint density at radius 1 is 1.00 bits per heavy atom. The van der Waals surface area contributed by atoms with Gasteiger partial charge in [-0.1, -0.05) is 53.8 Å². The fraction of sp³-hybridized carbons (Fsp3) is 0.0909. The number of nitrogens with two attached hydrogens (primary N) is 2. The third-order valence-electron chi connectivity index (χ3n) is 4.68. The second kappa shape index (κ2) is 10.0. The van der Waals surface area contributed by atoms with Crippen molar-refractivity contribution in [3.8, 4) is 16.9 Å². The molecular formula is C22H20F3N7O2. The lowest BCUT2D eigenvalue weighted by molar-refractivity contribution is -0.274. The van der Waals surface area contributed by atoms with Crippen molar-refractivity contribution >= 4 is 17.4 Å². The summed E-state index contributed by atoms with van der Waals surface area (Å²) >= 11 is 0. The molecule has 12 heteroatoms. The molecule has 0 aliphatic rings. The van der Waals surface area contributed by atoms with Crippen molar-refractivity contribution < 1.29 is 22.7 Å². The molecule has 34 heavy (non-hydrogen) atoms. The first-order chi connectivity index (χ1) is 16.1.